The number of ether oxygens (including phenoxy) is 1. The lowest BCUT2D eigenvalue weighted by molar-refractivity contribution is -0.153. The summed E-state index contributed by atoms with van der Waals surface area (Å²) in [6.45, 7) is 4.98. The van der Waals surface area contributed by atoms with E-state index in [1.807, 2.05) is 6.92 Å². The number of carbonyl (C=O) groups is 1. The topological polar surface area (TPSA) is 114 Å². The number of rotatable bonds is 16. The normalized spacial score (nSPS) is 17.6. The molecule has 4 rings (SSSR count). The molecule has 1 atom stereocenters. The van der Waals surface area contributed by atoms with Crippen molar-refractivity contribution in [1.29, 1.82) is 0 Å². The highest BCUT2D eigenvalue weighted by atomic mass is 19.4. The summed E-state index contributed by atoms with van der Waals surface area (Å²) in [6.07, 6.45) is 9.25. The number of carboxylic acid groups (broad SMARTS) is 1. The summed E-state index contributed by atoms with van der Waals surface area (Å²) in [5.74, 6) is -2.70. The van der Waals surface area contributed by atoms with Crippen LogP contribution in [0, 0.1) is 12.8 Å². The lowest BCUT2D eigenvalue weighted by atomic mass is 9.94. The van der Waals surface area contributed by atoms with Gasteiger partial charge in [0.05, 0.1) is 24.0 Å². The SMILES string of the molecule is CCCCCCCCCCNC(C)(c1noc(C)n1)C1CC1.O=C(O)c1cc(OCC(F)(F)F)c(N2CCC(F)(F)C2)cn1. The van der Waals surface area contributed by atoms with E-state index in [-0.39, 0.29) is 17.8 Å². The molecular weight excluding hydrogens is 589 g/mol. The Morgan fingerprint density at radius 2 is 1.82 bits per heavy atom. The molecule has 0 amide bonds. The molecule has 1 unspecified atom stereocenters. The molecule has 2 aliphatic rings. The van der Waals surface area contributed by atoms with Crippen LogP contribution in [-0.2, 0) is 5.54 Å². The second-order valence-corrected chi connectivity index (χ2v) is 11.8. The van der Waals surface area contributed by atoms with Crippen LogP contribution in [0.1, 0.15) is 107 Å². The first-order chi connectivity index (χ1) is 20.7. The van der Waals surface area contributed by atoms with Crippen LogP contribution in [0.4, 0.5) is 27.6 Å². The quantitative estimate of drug-likeness (QED) is 0.145. The number of nitrogens with one attached hydrogen (secondary N) is 1. The average Bonchev–Trinajstić information content (AvgIpc) is 3.63. The Kier molecular flexibility index (Phi) is 12.7. The summed E-state index contributed by atoms with van der Waals surface area (Å²) >= 11 is 0. The van der Waals surface area contributed by atoms with Gasteiger partial charge in [-0.3, -0.25) is 0 Å². The number of anilines is 1. The molecule has 0 radical (unpaired) electrons. The number of nitrogens with zero attached hydrogens (tertiary/aromatic N) is 4. The van der Waals surface area contributed by atoms with Crippen molar-refractivity contribution in [3.05, 3.63) is 29.7 Å². The maximum absolute atomic E-state index is 13.2. The maximum atomic E-state index is 13.2. The number of pyridine rings is 1. The minimum absolute atomic E-state index is 0.0913. The highest BCUT2D eigenvalue weighted by Crippen LogP contribution is 2.44. The first kappa shape index (κ1) is 35.4. The zero-order chi connectivity index (χ0) is 32.4. The molecule has 3 heterocycles. The molecule has 14 heteroatoms. The molecule has 44 heavy (non-hydrogen) atoms. The zero-order valence-corrected chi connectivity index (χ0v) is 25.7. The Morgan fingerprint density at radius 3 is 2.34 bits per heavy atom. The molecule has 0 spiro atoms. The van der Waals surface area contributed by atoms with Crippen LogP contribution < -0.4 is 15.0 Å². The van der Waals surface area contributed by atoms with Gasteiger partial charge in [0.1, 0.15) is 5.75 Å². The molecular formula is C30H44F5N5O4. The smallest absolute Gasteiger partial charge is 0.422 e. The van der Waals surface area contributed by atoms with Crippen LogP contribution >= 0.6 is 0 Å². The third-order valence-corrected chi connectivity index (χ3v) is 7.88. The van der Waals surface area contributed by atoms with E-state index in [0.29, 0.717) is 11.8 Å². The van der Waals surface area contributed by atoms with Crippen molar-refractivity contribution < 1.29 is 41.1 Å². The number of unbranched alkanes of at least 4 members (excludes halogenated alkanes) is 7. The van der Waals surface area contributed by atoms with Crippen molar-refractivity contribution in [3.8, 4) is 5.75 Å². The van der Waals surface area contributed by atoms with Crippen LogP contribution in [0.3, 0.4) is 0 Å². The fourth-order valence-corrected chi connectivity index (χ4v) is 5.18. The Morgan fingerprint density at radius 1 is 1.16 bits per heavy atom. The minimum atomic E-state index is -4.64. The Balaban J connectivity index is 0.000000240. The van der Waals surface area contributed by atoms with E-state index in [1.165, 1.54) is 64.2 Å². The van der Waals surface area contributed by atoms with Gasteiger partial charge in [0.15, 0.2) is 18.1 Å². The van der Waals surface area contributed by atoms with E-state index in [1.54, 1.807) is 0 Å². The number of hydrogen-bond acceptors (Lipinski definition) is 8. The zero-order valence-electron chi connectivity index (χ0n) is 25.7. The van der Waals surface area contributed by atoms with E-state index < -0.39 is 49.1 Å². The molecule has 2 aromatic rings. The van der Waals surface area contributed by atoms with Crippen molar-refractivity contribution in [2.45, 2.75) is 109 Å². The van der Waals surface area contributed by atoms with Gasteiger partial charge >= 0.3 is 12.1 Å². The maximum Gasteiger partial charge on any atom is 0.422 e. The van der Waals surface area contributed by atoms with Crippen LogP contribution in [-0.4, -0.2) is 64.5 Å². The van der Waals surface area contributed by atoms with Crippen LogP contribution in [0.25, 0.3) is 0 Å². The Labute approximate surface area is 254 Å². The summed E-state index contributed by atoms with van der Waals surface area (Å²) in [5.41, 5.74) is -0.725. The van der Waals surface area contributed by atoms with Gasteiger partial charge in [0, 0.05) is 26.0 Å². The van der Waals surface area contributed by atoms with Crippen LogP contribution in [0.2, 0.25) is 0 Å². The number of halogens is 5. The molecule has 0 aromatic carbocycles. The number of aryl methyl sites for hydroxylation is 1. The fourth-order valence-electron chi connectivity index (χ4n) is 5.18. The molecule has 1 saturated carbocycles. The molecule has 9 nitrogen and oxygen atoms in total. The Bertz CT molecular complexity index is 1190. The number of alkyl halides is 5. The van der Waals surface area contributed by atoms with Crippen molar-refractivity contribution in [2.75, 3.05) is 31.1 Å². The van der Waals surface area contributed by atoms with Crippen molar-refractivity contribution in [1.82, 2.24) is 20.4 Å². The number of carboxylic acids is 1. The molecule has 1 aliphatic carbocycles. The summed E-state index contributed by atoms with van der Waals surface area (Å²) in [4.78, 5) is 19.9. The van der Waals surface area contributed by atoms with Crippen molar-refractivity contribution >= 4 is 11.7 Å². The van der Waals surface area contributed by atoms with E-state index in [9.17, 15) is 26.7 Å². The van der Waals surface area contributed by atoms with Crippen LogP contribution in [0.5, 0.6) is 5.75 Å². The molecule has 2 aromatic heterocycles. The van der Waals surface area contributed by atoms with Gasteiger partial charge in [-0.25, -0.2) is 18.6 Å². The van der Waals surface area contributed by atoms with Gasteiger partial charge in [-0.1, -0.05) is 57.0 Å². The number of aromatic carboxylic acids is 1. The van der Waals surface area contributed by atoms with E-state index in [0.717, 1.165) is 29.5 Å². The summed E-state index contributed by atoms with van der Waals surface area (Å²) in [5, 5.41) is 16.7. The van der Waals surface area contributed by atoms with E-state index in [4.69, 9.17) is 9.63 Å². The highest BCUT2D eigenvalue weighted by Gasteiger charge is 2.45. The highest BCUT2D eigenvalue weighted by molar-refractivity contribution is 5.86. The van der Waals surface area contributed by atoms with E-state index >= 15 is 0 Å². The van der Waals surface area contributed by atoms with Crippen LogP contribution in [0.15, 0.2) is 16.8 Å². The lowest BCUT2D eigenvalue weighted by Crippen LogP contribution is -2.43. The molecule has 2 N–H and O–H groups in total. The lowest BCUT2D eigenvalue weighted by Gasteiger charge is -2.27. The second-order valence-electron chi connectivity index (χ2n) is 11.8. The third-order valence-electron chi connectivity index (χ3n) is 7.88. The molecule has 0 bridgehead atoms. The first-order valence-electron chi connectivity index (χ1n) is 15.4. The number of aromatic nitrogens is 3. The van der Waals surface area contributed by atoms with Gasteiger partial charge in [0.2, 0.25) is 5.89 Å². The van der Waals surface area contributed by atoms with Gasteiger partial charge < -0.3 is 24.6 Å². The molecule has 1 aliphatic heterocycles. The predicted octanol–water partition coefficient (Wildman–Crippen LogP) is 7.30. The summed E-state index contributed by atoms with van der Waals surface area (Å²) in [7, 11) is 0. The summed E-state index contributed by atoms with van der Waals surface area (Å²) < 4.78 is 72.9. The monoisotopic (exact) mass is 633 g/mol. The second kappa shape index (κ2) is 15.8. The summed E-state index contributed by atoms with van der Waals surface area (Å²) in [6, 6.07) is 0.792. The minimum Gasteiger partial charge on any atom is -0.482 e. The van der Waals surface area contributed by atoms with Gasteiger partial charge in [-0.05, 0) is 38.6 Å². The molecule has 1 saturated heterocycles. The van der Waals surface area contributed by atoms with Gasteiger partial charge in [0.25, 0.3) is 5.92 Å². The predicted molar refractivity (Wildman–Crippen MR) is 154 cm³/mol. The average molecular weight is 634 g/mol. The molecule has 248 valence electrons. The van der Waals surface area contributed by atoms with Crippen molar-refractivity contribution in [3.63, 3.8) is 0 Å². The first-order valence-corrected chi connectivity index (χ1v) is 15.4. The fraction of sp³-hybridized carbons (Fsp3) is 0.733. The van der Waals surface area contributed by atoms with Gasteiger partial charge in [-0.2, -0.15) is 18.2 Å². The molecule has 2 fully saturated rings. The largest absolute Gasteiger partial charge is 0.482 e. The third kappa shape index (κ3) is 11.2. The Hall–Kier alpha value is -3.03. The van der Waals surface area contributed by atoms with Crippen molar-refractivity contribution in [2.24, 2.45) is 5.92 Å². The van der Waals surface area contributed by atoms with E-state index in [2.05, 4.69) is 39.0 Å². The van der Waals surface area contributed by atoms with Gasteiger partial charge in [-0.15, -0.1) is 0 Å². The number of hydrogen-bond donors (Lipinski definition) is 2. The standard InChI is InChI=1S/C18H33N3O.C12H11F5N2O3/c1-4-5-6-7-8-9-10-11-14-19-18(3,16-12-13-16)17-20-15(2)22-21-17;13-11(14)1-2-19(5-11)8-4-18-7(10(20)21)3-9(8)22-6-12(15,16)17/h16,19H,4-14H2,1-3H3;3-4H,1-2,5-6H2,(H,20,21).